The zero-order valence-electron chi connectivity index (χ0n) is 14.7. The van der Waals surface area contributed by atoms with Crippen molar-refractivity contribution in [1.29, 1.82) is 0 Å². The fourth-order valence-electron chi connectivity index (χ4n) is 3.03. The van der Waals surface area contributed by atoms with E-state index in [0.717, 1.165) is 28.8 Å². The number of rotatable bonds is 7. The molecule has 1 amide bonds. The Morgan fingerprint density at radius 1 is 1.07 bits per heavy atom. The summed E-state index contributed by atoms with van der Waals surface area (Å²) in [5.74, 6) is -0.0668. The SMILES string of the molecule is O=C(CCn1cnc2sccc2c1=O)NCCCn1cnc2ccccc21. The number of benzene rings is 1. The minimum atomic E-state index is -0.0963. The van der Waals surface area contributed by atoms with Crippen LogP contribution in [0.4, 0.5) is 0 Å². The van der Waals surface area contributed by atoms with Gasteiger partial charge in [-0.1, -0.05) is 12.1 Å². The van der Waals surface area contributed by atoms with E-state index in [2.05, 4.69) is 19.9 Å². The molecule has 27 heavy (non-hydrogen) atoms. The van der Waals surface area contributed by atoms with E-state index >= 15 is 0 Å². The van der Waals surface area contributed by atoms with Crippen molar-refractivity contribution in [2.24, 2.45) is 0 Å². The number of thiophene rings is 1. The lowest BCUT2D eigenvalue weighted by molar-refractivity contribution is -0.121. The molecule has 1 N–H and O–H groups in total. The molecule has 1 aromatic carbocycles. The maximum Gasteiger partial charge on any atom is 0.262 e. The maximum atomic E-state index is 12.3. The largest absolute Gasteiger partial charge is 0.356 e. The van der Waals surface area contributed by atoms with Gasteiger partial charge in [0.15, 0.2) is 0 Å². The van der Waals surface area contributed by atoms with Crippen LogP contribution >= 0.6 is 11.3 Å². The third-order valence-corrected chi connectivity index (χ3v) is 5.28. The van der Waals surface area contributed by atoms with E-state index in [4.69, 9.17) is 0 Å². The number of amides is 1. The lowest BCUT2D eigenvalue weighted by atomic mass is 10.3. The van der Waals surface area contributed by atoms with E-state index in [1.807, 2.05) is 36.0 Å². The van der Waals surface area contributed by atoms with Crippen LogP contribution in [0.15, 0.2) is 53.2 Å². The first kappa shape index (κ1) is 17.4. The number of carbonyl (C=O) groups is 1. The van der Waals surface area contributed by atoms with Gasteiger partial charge in [0.2, 0.25) is 5.91 Å². The second-order valence-corrected chi connectivity index (χ2v) is 7.16. The number of carbonyl (C=O) groups excluding carboxylic acids is 1. The molecule has 0 saturated carbocycles. The van der Waals surface area contributed by atoms with Crippen molar-refractivity contribution in [3.63, 3.8) is 0 Å². The molecule has 0 aliphatic carbocycles. The molecule has 0 atom stereocenters. The Kier molecular flexibility index (Phi) is 4.97. The van der Waals surface area contributed by atoms with Gasteiger partial charge in [-0.25, -0.2) is 9.97 Å². The molecule has 0 fully saturated rings. The lowest BCUT2D eigenvalue weighted by Gasteiger charge is -2.08. The van der Waals surface area contributed by atoms with Crippen molar-refractivity contribution >= 4 is 38.5 Å². The van der Waals surface area contributed by atoms with Gasteiger partial charge in [-0.3, -0.25) is 14.2 Å². The van der Waals surface area contributed by atoms with Gasteiger partial charge in [-0.2, -0.15) is 0 Å². The Morgan fingerprint density at radius 2 is 1.93 bits per heavy atom. The molecule has 4 rings (SSSR count). The van der Waals surface area contributed by atoms with Gasteiger partial charge < -0.3 is 9.88 Å². The van der Waals surface area contributed by atoms with Crippen LogP contribution in [-0.4, -0.2) is 31.6 Å². The van der Waals surface area contributed by atoms with Crippen LogP contribution in [0.25, 0.3) is 21.3 Å². The number of hydrogen-bond acceptors (Lipinski definition) is 5. The molecule has 0 bridgehead atoms. The van der Waals surface area contributed by atoms with Crippen LogP contribution < -0.4 is 10.9 Å². The summed E-state index contributed by atoms with van der Waals surface area (Å²) < 4.78 is 3.58. The van der Waals surface area contributed by atoms with E-state index in [9.17, 15) is 9.59 Å². The van der Waals surface area contributed by atoms with Crippen LogP contribution in [0.5, 0.6) is 0 Å². The summed E-state index contributed by atoms with van der Waals surface area (Å²) in [6.45, 7) is 1.71. The number of para-hydroxylation sites is 2. The van der Waals surface area contributed by atoms with E-state index in [-0.39, 0.29) is 17.9 Å². The average Bonchev–Trinajstić information content (AvgIpc) is 3.32. The van der Waals surface area contributed by atoms with Crippen LogP contribution in [0.3, 0.4) is 0 Å². The number of nitrogens with one attached hydrogen (secondary N) is 1. The van der Waals surface area contributed by atoms with Crippen molar-refractivity contribution in [2.75, 3.05) is 6.54 Å². The van der Waals surface area contributed by atoms with Gasteiger partial charge in [0.25, 0.3) is 5.56 Å². The highest BCUT2D eigenvalue weighted by Gasteiger charge is 2.07. The third kappa shape index (κ3) is 3.75. The first-order chi connectivity index (χ1) is 13.2. The monoisotopic (exact) mass is 381 g/mol. The second kappa shape index (κ2) is 7.71. The summed E-state index contributed by atoms with van der Waals surface area (Å²) in [7, 11) is 0. The Morgan fingerprint density at radius 3 is 2.85 bits per heavy atom. The lowest BCUT2D eigenvalue weighted by Crippen LogP contribution is -2.28. The molecule has 7 nitrogen and oxygen atoms in total. The fourth-order valence-corrected chi connectivity index (χ4v) is 3.75. The second-order valence-electron chi connectivity index (χ2n) is 6.26. The van der Waals surface area contributed by atoms with Gasteiger partial charge in [0.05, 0.1) is 29.1 Å². The van der Waals surface area contributed by atoms with Crippen LogP contribution in [0.2, 0.25) is 0 Å². The van der Waals surface area contributed by atoms with Crippen molar-refractivity contribution in [3.8, 4) is 0 Å². The van der Waals surface area contributed by atoms with E-state index < -0.39 is 0 Å². The van der Waals surface area contributed by atoms with Crippen LogP contribution in [0, 0.1) is 0 Å². The Balaban J connectivity index is 1.25. The highest BCUT2D eigenvalue weighted by Crippen LogP contribution is 2.13. The number of hydrogen-bond donors (Lipinski definition) is 1. The Hall–Kier alpha value is -3.00. The van der Waals surface area contributed by atoms with Crippen LogP contribution in [0.1, 0.15) is 12.8 Å². The molecule has 0 aliphatic rings. The molecule has 3 aromatic heterocycles. The normalized spacial score (nSPS) is 11.3. The molecule has 0 aliphatic heterocycles. The first-order valence-electron chi connectivity index (χ1n) is 8.81. The molecule has 4 aromatic rings. The number of nitrogens with zero attached hydrogens (tertiary/aromatic N) is 4. The minimum Gasteiger partial charge on any atom is -0.356 e. The van der Waals surface area contributed by atoms with Gasteiger partial charge in [0, 0.05) is 26.1 Å². The summed E-state index contributed by atoms with van der Waals surface area (Å²) >= 11 is 1.44. The number of aryl methyl sites for hydroxylation is 2. The van der Waals surface area contributed by atoms with E-state index in [1.54, 1.807) is 6.07 Å². The number of imidazole rings is 1. The third-order valence-electron chi connectivity index (χ3n) is 4.46. The summed E-state index contributed by atoms with van der Waals surface area (Å²) in [5.41, 5.74) is 1.98. The molecule has 8 heteroatoms. The zero-order valence-corrected chi connectivity index (χ0v) is 15.5. The molecule has 0 saturated heterocycles. The number of fused-ring (bicyclic) bond motifs is 2. The minimum absolute atomic E-state index is 0.0668. The molecule has 3 heterocycles. The zero-order chi connectivity index (χ0) is 18.6. The summed E-state index contributed by atoms with van der Waals surface area (Å²) in [5, 5.41) is 5.36. The molecule has 0 spiro atoms. The predicted octanol–water partition coefficient (Wildman–Crippen LogP) is 2.40. The van der Waals surface area contributed by atoms with Gasteiger partial charge in [0.1, 0.15) is 4.83 Å². The van der Waals surface area contributed by atoms with Crippen molar-refractivity contribution in [1.82, 2.24) is 24.4 Å². The van der Waals surface area contributed by atoms with Gasteiger partial charge >= 0.3 is 0 Å². The maximum absolute atomic E-state index is 12.3. The summed E-state index contributed by atoms with van der Waals surface area (Å²) in [4.78, 5) is 33.7. The highest BCUT2D eigenvalue weighted by molar-refractivity contribution is 7.16. The number of aromatic nitrogens is 4. The molecular formula is C19H19N5O2S. The highest BCUT2D eigenvalue weighted by atomic mass is 32.1. The van der Waals surface area contributed by atoms with E-state index in [0.29, 0.717) is 18.5 Å². The summed E-state index contributed by atoms with van der Waals surface area (Å²) in [6.07, 6.45) is 4.41. The van der Waals surface area contributed by atoms with Crippen LogP contribution in [-0.2, 0) is 17.9 Å². The molecule has 0 unspecified atom stereocenters. The Bertz CT molecular complexity index is 1140. The smallest absolute Gasteiger partial charge is 0.262 e. The molecule has 138 valence electrons. The fraction of sp³-hybridized carbons (Fsp3) is 0.263. The van der Waals surface area contributed by atoms with Crippen molar-refractivity contribution in [3.05, 3.63) is 58.7 Å². The quantitative estimate of drug-likeness (QED) is 0.499. The summed E-state index contributed by atoms with van der Waals surface area (Å²) in [6, 6.07) is 9.75. The first-order valence-corrected chi connectivity index (χ1v) is 9.69. The van der Waals surface area contributed by atoms with Crippen molar-refractivity contribution < 1.29 is 4.79 Å². The standard InChI is InChI=1S/C19H19N5O2S/c25-17(6-10-24-13-22-18-14(19(24)26)7-11-27-18)20-8-3-9-23-12-21-15-4-1-2-5-16(15)23/h1-2,4-5,7,11-13H,3,6,8-10H2,(H,20,25). The molecular weight excluding hydrogens is 362 g/mol. The topological polar surface area (TPSA) is 81.8 Å². The van der Waals surface area contributed by atoms with Gasteiger partial charge in [-0.15, -0.1) is 11.3 Å². The average molecular weight is 381 g/mol. The van der Waals surface area contributed by atoms with Crippen molar-refractivity contribution in [2.45, 2.75) is 25.9 Å². The van der Waals surface area contributed by atoms with Gasteiger partial charge in [-0.05, 0) is 30.0 Å². The Labute approximate surface area is 159 Å². The molecule has 0 radical (unpaired) electrons. The van der Waals surface area contributed by atoms with E-state index in [1.165, 1.54) is 22.2 Å². The predicted molar refractivity (Wildman–Crippen MR) is 106 cm³/mol.